The van der Waals surface area contributed by atoms with E-state index in [1.54, 1.807) is 0 Å². The van der Waals surface area contributed by atoms with Crippen molar-refractivity contribution in [3.63, 3.8) is 0 Å². The van der Waals surface area contributed by atoms with Gasteiger partial charge in [-0.3, -0.25) is 4.79 Å². The van der Waals surface area contributed by atoms with Gasteiger partial charge in [0.2, 0.25) is 0 Å². The highest BCUT2D eigenvalue weighted by Gasteiger charge is 2.61. The van der Waals surface area contributed by atoms with Gasteiger partial charge < -0.3 is 10.2 Å². The standard InChI is InChI=1S/C27H46O3/c1-16(2)17(3)25(30)24(29)14-18-9-10-20-19-15-23(28)22-8-6-7-12-27(22,5)21(19)11-13-26(18,20)4/h16-22,24-25,29-30H,6-15H2,1-5H3/t17?,18?,19?,20?,21?,22-,24?,25?,26?,27?/m1/s1. The first-order valence-corrected chi connectivity index (χ1v) is 13.0. The van der Waals surface area contributed by atoms with Crippen molar-refractivity contribution in [3.05, 3.63) is 0 Å². The van der Waals surface area contributed by atoms with Gasteiger partial charge in [-0.1, -0.05) is 47.5 Å². The molecule has 30 heavy (non-hydrogen) atoms. The van der Waals surface area contributed by atoms with Crippen LogP contribution in [0.25, 0.3) is 0 Å². The van der Waals surface area contributed by atoms with Gasteiger partial charge >= 0.3 is 0 Å². The highest BCUT2D eigenvalue weighted by molar-refractivity contribution is 5.83. The normalized spacial score (nSPS) is 46.7. The second-order valence-corrected chi connectivity index (χ2v) is 12.6. The molecule has 2 N–H and O–H groups in total. The Morgan fingerprint density at radius 2 is 1.63 bits per heavy atom. The first-order chi connectivity index (χ1) is 14.1. The van der Waals surface area contributed by atoms with Gasteiger partial charge in [0.25, 0.3) is 0 Å². The summed E-state index contributed by atoms with van der Waals surface area (Å²) in [5, 5.41) is 21.6. The molecule has 0 saturated heterocycles. The van der Waals surface area contributed by atoms with E-state index in [0.29, 0.717) is 41.3 Å². The maximum Gasteiger partial charge on any atom is 0.136 e. The van der Waals surface area contributed by atoms with E-state index in [-0.39, 0.29) is 16.7 Å². The summed E-state index contributed by atoms with van der Waals surface area (Å²) < 4.78 is 0. The molecule has 4 aliphatic carbocycles. The molecule has 0 aromatic rings. The molecule has 0 spiro atoms. The zero-order valence-corrected chi connectivity index (χ0v) is 20.1. The second kappa shape index (κ2) is 8.18. The molecule has 3 nitrogen and oxygen atoms in total. The van der Waals surface area contributed by atoms with Crippen molar-refractivity contribution in [3.8, 4) is 0 Å². The smallest absolute Gasteiger partial charge is 0.136 e. The van der Waals surface area contributed by atoms with Crippen molar-refractivity contribution >= 4 is 5.78 Å². The molecule has 0 aliphatic heterocycles. The Balaban J connectivity index is 1.50. The number of fused-ring (bicyclic) bond motifs is 5. The van der Waals surface area contributed by atoms with Crippen LogP contribution in [0, 0.1) is 52.3 Å². The highest BCUT2D eigenvalue weighted by atomic mass is 16.3. The van der Waals surface area contributed by atoms with Gasteiger partial charge in [0.1, 0.15) is 5.78 Å². The average molecular weight is 419 g/mol. The molecule has 0 aromatic carbocycles. The monoisotopic (exact) mass is 418 g/mol. The molecule has 0 heterocycles. The number of ketones is 1. The topological polar surface area (TPSA) is 57.5 Å². The van der Waals surface area contributed by atoms with Gasteiger partial charge in [-0.05, 0) is 91.3 Å². The van der Waals surface area contributed by atoms with E-state index in [1.807, 2.05) is 0 Å². The molecule has 0 amide bonds. The van der Waals surface area contributed by atoms with Crippen LogP contribution in [0.1, 0.15) is 98.8 Å². The molecule has 4 aliphatic rings. The Morgan fingerprint density at radius 3 is 2.33 bits per heavy atom. The largest absolute Gasteiger partial charge is 0.390 e. The third-order valence-corrected chi connectivity index (χ3v) is 11.1. The van der Waals surface area contributed by atoms with Gasteiger partial charge in [-0.15, -0.1) is 0 Å². The van der Waals surface area contributed by atoms with Gasteiger partial charge in [-0.25, -0.2) is 0 Å². The predicted octanol–water partition coefficient (Wildman–Crippen LogP) is 5.62. The van der Waals surface area contributed by atoms with E-state index in [1.165, 1.54) is 38.5 Å². The molecule has 3 heteroatoms. The Hall–Kier alpha value is -0.410. The SMILES string of the molecule is CC(C)C(C)C(O)C(O)CC1CCC2C3CC(=O)[C@H]4CCCCC4(C)C3CCC12C. The van der Waals surface area contributed by atoms with Crippen molar-refractivity contribution in [2.75, 3.05) is 0 Å². The summed E-state index contributed by atoms with van der Waals surface area (Å²) in [6.07, 6.45) is 10.0. The molecule has 4 rings (SSSR count). The molecular formula is C27H46O3. The molecule has 0 bridgehead atoms. The van der Waals surface area contributed by atoms with Crippen molar-refractivity contribution in [1.82, 2.24) is 0 Å². The number of carbonyl (C=O) groups is 1. The van der Waals surface area contributed by atoms with Crippen molar-refractivity contribution < 1.29 is 15.0 Å². The van der Waals surface area contributed by atoms with Gasteiger partial charge in [0.15, 0.2) is 0 Å². The van der Waals surface area contributed by atoms with Crippen LogP contribution in [0.3, 0.4) is 0 Å². The van der Waals surface area contributed by atoms with Crippen molar-refractivity contribution in [2.45, 2.75) is 111 Å². The van der Waals surface area contributed by atoms with E-state index in [9.17, 15) is 15.0 Å². The summed E-state index contributed by atoms with van der Waals surface area (Å²) >= 11 is 0. The molecule has 4 saturated carbocycles. The van der Waals surface area contributed by atoms with Crippen LogP contribution in [0.2, 0.25) is 0 Å². The van der Waals surface area contributed by atoms with Gasteiger partial charge in [-0.2, -0.15) is 0 Å². The van der Waals surface area contributed by atoms with Crippen LogP contribution in [-0.2, 0) is 4.79 Å². The van der Waals surface area contributed by atoms with Crippen LogP contribution in [0.5, 0.6) is 0 Å². The first-order valence-electron chi connectivity index (χ1n) is 13.0. The number of aliphatic hydroxyl groups is 2. The van der Waals surface area contributed by atoms with E-state index < -0.39 is 12.2 Å². The van der Waals surface area contributed by atoms with Crippen LogP contribution < -0.4 is 0 Å². The number of rotatable bonds is 5. The Labute approximate surface area is 184 Å². The van der Waals surface area contributed by atoms with Gasteiger partial charge in [0.05, 0.1) is 12.2 Å². The summed E-state index contributed by atoms with van der Waals surface area (Å²) in [5.74, 6) is 3.73. The number of carbonyl (C=O) groups excluding carboxylic acids is 1. The first kappa shape index (κ1) is 22.8. The lowest BCUT2D eigenvalue weighted by atomic mass is 9.44. The Bertz CT molecular complexity index is 644. The predicted molar refractivity (Wildman–Crippen MR) is 121 cm³/mol. The lowest BCUT2D eigenvalue weighted by molar-refractivity contribution is -0.154. The molecular weight excluding hydrogens is 372 g/mol. The molecule has 9 unspecified atom stereocenters. The van der Waals surface area contributed by atoms with Crippen LogP contribution in [0.15, 0.2) is 0 Å². The quantitative estimate of drug-likeness (QED) is 0.609. The lowest BCUT2D eigenvalue weighted by Gasteiger charge is -2.59. The lowest BCUT2D eigenvalue weighted by Crippen LogP contribution is -2.55. The maximum atomic E-state index is 13.2. The zero-order chi connectivity index (χ0) is 21.8. The molecule has 4 fully saturated rings. The van der Waals surface area contributed by atoms with Crippen LogP contribution in [-0.4, -0.2) is 28.2 Å². The van der Waals surface area contributed by atoms with E-state index in [2.05, 4.69) is 34.6 Å². The highest BCUT2D eigenvalue weighted by Crippen LogP contribution is 2.67. The number of hydrogen-bond donors (Lipinski definition) is 2. The van der Waals surface area contributed by atoms with Crippen LogP contribution >= 0.6 is 0 Å². The minimum atomic E-state index is -0.637. The minimum Gasteiger partial charge on any atom is -0.390 e. The summed E-state index contributed by atoms with van der Waals surface area (Å²) in [7, 11) is 0. The van der Waals surface area contributed by atoms with Crippen molar-refractivity contribution in [2.24, 2.45) is 52.3 Å². The fourth-order valence-corrected chi connectivity index (χ4v) is 8.77. The number of Topliss-reactive ketones (excluding diaryl/α,β-unsaturated/α-hetero) is 1. The third kappa shape index (κ3) is 3.51. The molecule has 10 atom stereocenters. The van der Waals surface area contributed by atoms with E-state index >= 15 is 0 Å². The minimum absolute atomic E-state index is 0.111. The Kier molecular flexibility index (Phi) is 6.21. The molecule has 0 radical (unpaired) electrons. The molecule has 0 aromatic heterocycles. The van der Waals surface area contributed by atoms with Crippen LogP contribution in [0.4, 0.5) is 0 Å². The maximum absolute atomic E-state index is 13.2. The van der Waals surface area contributed by atoms with Crippen molar-refractivity contribution in [1.29, 1.82) is 0 Å². The zero-order valence-electron chi connectivity index (χ0n) is 20.1. The Morgan fingerprint density at radius 1 is 0.933 bits per heavy atom. The fraction of sp³-hybridized carbons (Fsp3) is 0.963. The number of hydrogen-bond acceptors (Lipinski definition) is 3. The summed E-state index contributed by atoms with van der Waals surface area (Å²) in [4.78, 5) is 13.2. The van der Waals surface area contributed by atoms with E-state index in [4.69, 9.17) is 0 Å². The number of aliphatic hydroxyl groups excluding tert-OH is 2. The third-order valence-electron chi connectivity index (χ3n) is 11.1. The molecule has 172 valence electrons. The second-order valence-electron chi connectivity index (χ2n) is 12.6. The fourth-order valence-electron chi connectivity index (χ4n) is 8.77. The summed E-state index contributed by atoms with van der Waals surface area (Å²) in [6, 6.07) is 0. The van der Waals surface area contributed by atoms with E-state index in [0.717, 1.165) is 25.7 Å². The summed E-state index contributed by atoms with van der Waals surface area (Å²) in [6.45, 7) is 11.2. The average Bonchev–Trinajstić information content (AvgIpc) is 3.03. The summed E-state index contributed by atoms with van der Waals surface area (Å²) in [5.41, 5.74) is 0.459. The van der Waals surface area contributed by atoms with Gasteiger partial charge in [0, 0.05) is 12.3 Å².